The summed E-state index contributed by atoms with van der Waals surface area (Å²) in [5, 5.41) is 4.09. The van der Waals surface area contributed by atoms with Crippen LogP contribution in [0, 0.1) is 6.92 Å². The topological polar surface area (TPSA) is 29.3 Å². The van der Waals surface area contributed by atoms with E-state index in [0.717, 1.165) is 30.1 Å². The molecule has 2 unspecified atom stereocenters. The predicted molar refractivity (Wildman–Crippen MR) is 57.4 cm³/mol. The van der Waals surface area contributed by atoms with Gasteiger partial charge < -0.3 is 4.52 Å². The van der Waals surface area contributed by atoms with Gasteiger partial charge in [-0.2, -0.15) is 0 Å². The van der Waals surface area contributed by atoms with Crippen molar-refractivity contribution in [1.82, 2.24) is 10.1 Å². The Kier molecular flexibility index (Phi) is 2.28. The van der Waals surface area contributed by atoms with Gasteiger partial charge in [-0.05, 0) is 32.6 Å². The van der Waals surface area contributed by atoms with Crippen LogP contribution >= 0.6 is 0 Å². The molecule has 1 aromatic rings. The molecule has 1 aromatic heterocycles. The first kappa shape index (κ1) is 9.40. The normalized spacial score (nSPS) is 31.0. The number of rotatable bonds is 2. The molecule has 3 heterocycles. The van der Waals surface area contributed by atoms with Gasteiger partial charge in [-0.25, -0.2) is 0 Å². The molecular weight excluding hydrogens is 188 g/mol. The molecule has 0 aliphatic carbocycles. The maximum absolute atomic E-state index is 5.12. The van der Waals surface area contributed by atoms with Crippen molar-refractivity contribution in [2.24, 2.45) is 0 Å². The summed E-state index contributed by atoms with van der Waals surface area (Å²) in [6, 6.07) is 3.70. The number of fused-ring (bicyclic) bond motifs is 2. The van der Waals surface area contributed by atoms with E-state index in [9.17, 15) is 0 Å². The molecule has 0 spiro atoms. The molecule has 3 nitrogen and oxygen atoms in total. The molecular formula is C12H18N2O. The molecule has 15 heavy (non-hydrogen) atoms. The van der Waals surface area contributed by atoms with E-state index < -0.39 is 0 Å². The highest BCUT2D eigenvalue weighted by atomic mass is 16.5. The first-order valence-electron chi connectivity index (χ1n) is 6.01. The van der Waals surface area contributed by atoms with Crippen molar-refractivity contribution >= 4 is 0 Å². The van der Waals surface area contributed by atoms with Crippen LogP contribution in [0.4, 0.5) is 0 Å². The number of nitrogens with zero attached hydrogens (tertiary/aromatic N) is 2. The predicted octanol–water partition coefficient (Wildman–Crippen LogP) is 2.50. The highest BCUT2D eigenvalue weighted by Gasteiger charge is 2.36. The maximum Gasteiger partial charge on any atom is 0.133 e. The van der Waals surface area contributed by atoms with Crippen molar-refractivity contribution in [2.45, 2.75) is 57.7 Å². The average molecular weight is 206 g/mol. The lowest BCUT2D eigenvalue weighted by molar-refractivity contribution is 0.128. The summed E-state index contributed by atoms with van der Waals surface area (Å²) in [6.45, 7) is 2.95. The number of aryl methyl sites for hydroxylation is 1. The third-order valence-electron chi connectivity index (χ3n) is 3.87. The van der Waals surface area contributed by atoms with Gasteiger partial charge in [0.1, 0.15) is 5.76 Å². The zero-order valence-corrected chi connectivity index (χ0v) is 9.28. The molecule has 3 heteroatoms. The average Bonchev–Trinajstić information content (AvgIpc) is 2.71. The van der Waals surface area contributed by atoms with Crippen LogP contribution in [-0.4, -0.2) is 22.1 Å². The fourth-order valence-corrected chi connectivity index (χ4v) is 3.16. The molecule has 2 saturated heterocycles. The Balaban J connectivity index is 1.73. The van der Waals surface area contributed by atoms with Crippen LogP contribution in [0.1, 0.15) is 43.6 Å². The van der Waals surface area contributed by atoms with Crippen molar-refractivity contribution in [3.8, 4) is 0 Å². The molecule has 0 amide bonds. The van der Waals surface area contributed by atoms with Crippen LogP contribution in [0.5, 0.6) is 0 Å². The van der Waals surface area contributed by atoms with Gasteiger partial charge in [-0.1, -0.05) is 11.6 Å². The summed E-state index contributed by atoms with van der Waals surface area (Å²) < 4.78 is 5.12. The molecule has 0 radical (unpaired) electrons. The van der Waals surface area contributed by atoms with Crippen LogP contribution in [0.3, 0.4) is 0 Å². The van der Waals surface area contributed by atoms with Gasteiger partial charge in [0.2, 0.25) is 0 Å². The lowest BCUT2D eigenvalue weighted by Crippen LogP contribution is -2.38. The second kappa shape index (κ2) is 3.63. The van der Waals surface area contributed by atoms with E-state index in [-0.39, 0.29) is 0 Å². The minimum atomic E-state index is 0.820. The number of piperidine rings is 1. The lowest BCUT2D eigenvalue weighted by Gasteiger charge is -2.33. The Morgan fingerprint density at radius 3 is 2.67 bits per heavy atom. The van der Waals surface area contributed by atoms with E-state index in [2.05, 4.69) is 16.1 Å². The van der Waals surface area contributed by atoms with Crippen molar-refractivity contribution in [3.63, 3.8) is 0 Å². The molecule has 0 saturated carbocycles. The van der Waals surface area contributed by atoms with E-state index in [0.29, 0.717) is 0 Å². The Bertz CT molecular complexity index is 331. The number of hydrogen-bond donors (Lipinski definition) is 0. The molecule has 0 aromatic carbocycles. The number of hydrogen-bond acceptors (Lipinski definition) is 3. The molecule has 2 fully saturated rings. The molecule has 0 N–H and O–H groups in total. The van der Waals surface area contributed by atoms with Gasteiger partial charge in [0, 0.05) is 24.7 Å². The largest absolute Gasteiger partial charge is 0.361 e. The van der Waals surface area contributed by atoms with Gasteiger partial charge in [0.05, 0.1) is 5.69 Å². The molecule has 2 aliphatic heterocycles. The van der Waals surface area contributed by atoms with Crippen LogP contribution in [0.25, 0.3) is 0 Å². The van der Waals surface area contributed by atoms with Crippen LogP contribution in [0.2, 0.25) is 0 Å². The summed E-state index contributed by atoms with van der Waals surface area (Å²) in [5.41, 5.74) is 1.10. The van der Waals surface area contributed by atoms with E-state index >= 15 is 0 Å². The molecule has 82 valence electrons. The van der Waals surface area contributed by atoms with Crippen LogP contribution < -0.4 is 0 Å². The monoisotopic (exact) mass is 206 g/mol. The minimum absolute atomic E-state index is 0.820. The Labute approximate surface area is 90.4 Å². The maximum atomic E-state index is 5.12. The van der Waals surface area contributed by atoms with E-state index in [1.54, 1.807) is 0 Å². The minimum Gasteiger partial charge on any atom is -0.361 e. The fraction of sp³-hybridized carbons (Fsp3) is 0.750. The first-order valence-corrected chi connectivity index (χ1v) is 6.01. The van der Waals surface area contributed by atoms with Gasteiger partial charge >= 0.3 is 0 Å². The van der Waals surface area contributed by atoms with Gasteiger partial charge in [-0.3, -0.25) is 4.90 Å². The van der Waals surface area contributed by atoms with Gasteiger partial charge in [-0.15, -0.1) is 0 Å². The van der Waals surface area contributed by atoms with Crippen LogP contribution in [-0.2, 0) is 6.54 Å². The molecule has 2 aliphatic rings. The fourth-order valence-electron chi connectivity index (χ4n) is 3.16. The van der Waals surface area contributed by atoms with Crippen molar-refractivity contribution in [3.05, 3.63) is 17.5 Å². The Morgan fingerprint density at radius 1 is 1.33 bits per heavy atom. The van der Waals surface area contributed by atoms with E-state index in [1.165, 1.54) is 32.1 Å². The molecule has 2 atom stereocenters. The zero-order valence-electron chi connectivity index (χ0n) is 9.28. The van der Waals surface area contributed by atoms with Gasteiger partial charge in [0.25, 0.3) is 0 Å². The van der Waals surface area contributed by atoms with Crippen molar-refractivity contribution in [2.75, 3.05) is 0 Å². The summed E-state index contributed by atoms with van der Waals surface area (Å²) in [5.74, 6) is 0.925. The number of aromatic nitrogens is 1. The quantitative estimate of drug-likeness (QED) is 0.744. The second-order valence-corrected chi connectivity index (χ2v) is 4.92. The Hall–Kier alpha value is -0.830. The lowest BCUT2D eigenvalue weighted by atomic mass is 10.0. The van der Waals surface area contributed by atoms with Gasteiger partial charge in [0.15, 0.2) is 0 Å². The molecule has 3 rings (SSSR count). The summed E-state index contributed by atoms with van der Waals surface area (Å²) in [7, 11) is 0. The third-order valence-corrected chi connectivity index (χ3v) is 3.87. The van der Waals surface area contributed by atoms with Crippen molar-refractivity contribution < 1.29 is 4.52 Å². The van der Waals surface area contributed by atoms with E-state index in [1.807, 2.05) is 6.92 Å². The summed E-state index contributed by atoms with van der Waals surface area (Å²) in [6.07, 6.45) is 6.97. The van der Waals surface area contributed by atoms with E-state index in [4.69, 9.17) is 4.52 Å². The zero-order chi connectivity index (χ0) is 10.3. The first-order chi connectivity index (χ1) is 7.33. The second-order valence-electron chi connectivity index (χ2n) is 4.92. The van der Waals surface area contributed by atoms with Crippen molar-refractivity contribution in [1.29, 1.82) is 0 Å². The highest BCUT2D eigenvalue weighted by molar-refractivity contribution is 5.05. The standard InChI is InChI=1S/C12H18N2O/c1-9-7-10(13-15-9)8-14-11-3-2-4-12(14)6-5-11/h7,11-12H,2-6,8H2,1H3. The summed E-state index contributed by atoms with van der Waals surface area (Å²) >= 11 is 0. The van der Waals surface area contributed by atoms with Crippen LogP contribution in [0.15, 0.2) is 10.6 Å². The third kappa shape index (κ3) is 1.69. The SMILES string of the molecule is Cc1cc(CN2C3CCCC2CC3)no1. The highest BCUT2D eigenvalue weighted by Crippen LogP contribution is 2.36. The Morgan fingerprint density at radius 2 is 2.07 bits per heavy atom. The smallest absolute Gasteiger partial charge is 0.133 e. The molecule has 2 bridgehead atoms. The summed E-state index contributed by atoms with van der Waals surface area (Å²) in [4.78, 5) is 2.64.